The van der Waals surface area contributed by atoms with Crippen LogP contribution >= 0.6 is 11.3 Å². The number of hydrogen-bond donors (Lipinski definition) is 1. The second-order valence-corrected chi connectivity index (χ2v) is 6.50. The van der Waals surface area contributed by atoms with Crippen molar-refractivity contribution in [2.75, 3.05) is 24.5 Å². The Hall–Kier alpha value is -0.610. The fraction of sp³-hybridized carbons (Fsp3) is 0.786. The molecule has 0 amide bonds. The summed E-state index contributed by atoms with van der Waals surface area (Å²) in [6.07, 6.45) is 3.69. The maximum absolute atomic E-state index is 4.81. The quantitative estimate of drug-likeness (QED) is 0.858. The standard InChI is InChI=1S/C14H25N3S/c1-4-12-13(10-15-9-11(2)3)18-14(16-12)17-7-5-6-8-17/h11,15H,4-10H2,1-3H3. The van der Waals surface area contributed by atoms with Crippen LogP contribution in [-0.2, 0) is 13.0 Å². The minimum atomic E-state index is 0.709. The first-order chi connectivity index (χ1) is 8.70. The highest BCUT2D eigenvalue weighted by Gasteiger charge is 2.18. The summed E-state index contributed by atoms with van der Waals surface area (Å²) >= 11 is 1.89. The van der Waals surface area contributed by atoms with Crippen LogP contribution in [0.4, 0.5) is 5.13 Å². The van der Waals surface area contributed by atoms with Crippen LogP contribution in [0.5, 0.6) is 0 Å². The van der Waals surface area contributed by atoms with Crippen LogP contribution in [0.25, 0.3) is 0 Å². The van der Waals surface area contributed by atoms with Crippen LogP contribution in [0.1, 0.15) is 44.2 Å². The Bertz CT molecular complexity index is 367. The Kier molecular flexibility index (Phi) is 5.01. The average molecular weight is 267 g/mol. The normalized spacial score (nSPS) is 15.9. The molecule has 1 aromatic heterocycles. The third-order valence-corrected chi connectivity index (χ3v) is 4.47. The predicted molar refractivity (Wildman–Crippen MR) is 79.5 cm³/mol. The van der Waals surface area contributed by atoms with Gasteiger partial charge >= 0.3 is 0 Å². The van der Waals surface area contributed by atoms with E-state index in [0.29, 0.717) is 5.92 Å². The largest absolute Gasteiger partial charge is 0.348 e. The SMILES string of the molecule is CCc1nc(N2CCCC2)sc1CNCC(C)C. The van der Waals surface area contributed by atoms with Crippen molar-refractivity contribution in [1.29, 1.82) is 0 Å². The van der Waals surface area contributed by atoms with Gasteiger partial charge in [0.25, 0.3) is 0 Å². The highest BCUT2D eigenvalue weighted by molar-refractivity contribution is 7.15. The first-order valence-electron chi connectivity index (χ1n) is 7.15. The molecule has 0 spiro atoms. The first kappa shape index (κ1) is 13.8. The molecule has 2 heterocycles. The van der Waals surface area contributed by atoms with E-state index in [4.69, 9.17) is 4.98 Å². The van der Waals surface area contributed by atoms with E-state index < -0.39 is 0 Å². The predicted octanol–water partition coefficient (Wildman–Crippen LogP) is 3.05. The molecule has 1 aliphatic rings. The minimum absolute atomic E-state index is 0.709. The molecule has 1 saturated heterocycles. The molecule has 2 rings (SSSR count). The van der Waals surface area contributed by atoms with Crippen molar-refractivity contribution < 1.29 is 0 Å². The van der Waals surface area contributed by atoms with E-state index in [1.165, 1.54) is 41.6 Å². The van der Waals surface area contributed by atoms with Gasteiger partial charge in [-0.2, -0.15) is 0 Å². The van der Waals surface area contributed by atoms with Crippen molar-refractivity contribution in [2.24, 2.45) is 5.92 Å². The smallest absolute Gasteiger partial charge is 0.185 e. The number of rotatable bonds is 6. The molecular weight excluding hydrogens is 242 g/mol. The third-order valence-electron chi connectivity index (χ3n) is 3.32. The van der Waals surface area contributed by atoms with Gasteiger partial charge in [-0.25, -0.2) is 4.98 Å². The molecule has 0 atom stereocenters. The number of aryl methyl sites for hydroxylation is 1. The lowest BCUT2D eigenvalue weighted by atomic mass is 10.2. The molecule has 4 heteroatoms. The van der Waals surface area contributed by atoms with Gasteiger partial charge in [-0.1, -0.05) is 20.8 Å². The monoisotopic (exact) mass is 267 g/mol. The fourth-order valence-corrected chi connectivity index (χ4v) is 3.47. The Morgan fingerprint density at radius 1 is 1.33 bits per heavy atom. The summed E-state index contributed by atoms with van der Waals surface area (Å²) < 4.78 is 0. The van der Waals surface area contributed by atoms with Crippen LogP contribution in [0.3, 0.4) is 0 Å². The van der Waals surface area contributed by atoms with Crippen molar-refractivity contribution in [2.45, 2.75) is 46.6 Å². The molecule has 1 N–H and O–H groups in total. The van der Waals surface area contributed by atoms with Gasteiger partial charge in [0.15, 0.2) is 5.13 Å². The molecule has 0 aliphatic carbocycles. The van der Waals surface area contributed by atoms with Crippen molar-refractivity contribution in [1.82, 2.24) is 10.3 Å². The molecule has 0 aromatic carbocycles. The van der Waals surface area contributed by atoms with Crippen LogP contribution < -0.4 is 10.2 Å². The summed E-state index contributed by atoms with van der Waals surface area (Å²) in [6, 6.07) is 0. The lowest BCUT2D eigenvalue weighted by Crippen LogP contribution is -2.19. The van der Waals surface area contributed by atoms with Crippen molar-refractivity contribution in [3.63, 3.8) is 0 Å². The number of aromatic nitrogens is 1. The second kappa shape index (κ2) is 6.53. The maximum atomic E-state index is 4.81. The lowest BCUT2D eigenvalue weighted by Gasteiger charge is -2.12. The highest BCUT2D eigenvalue weighted by atomic mass is 32.1. The van der Waals surface area contributed by atoms with Crippen molar-refractivity contribution >= 4 is 16.5 Å². The number of hydrogen-bond acceptors (Lipinski definition) is 4. The Balaban J connectivity index is 1.99. The zero-order valence-corrected chi connectivity index (χ0v) is 12.6. The number of anilines is 1. The molecule has 1 aliphatic heterocycles. The van der Waals surface area contributed by atoms with Gasteiger partial charge in [-0.05, 0) is 31.7 Å². The molecule has 1 aromatic rings. The molecule has 0 unspecified atom stereocenters. The number of thiazole rings is 1. The van der Waals surface area contributed by atoms with Gasteiger partial charge in [0, 0.05) is 24.5 Å². The van der Waals surface area contributed by atoms with E-state index in [1.54, 1.807) is 0 Å². The molecule has 0 radical (unpaired) electrons. The molecule has 102 valence electrons. The maximum Gasteiger partial charge on any atom is 0.185 e. The van der Waals surface area contributed by atoms with Gasteiger partial charge < -0.3 is 10.2 Å². The first-order valence-corrected chi connectivity index (χ1v) is 7.96. The topological polar surface area (TPSA) is 28.2 Å². The summed E-state index contributed by atoms with van der Waals surface area (Å²) in [4.78, 5) is 8.68. The molecule has 3 nitrogen and oxygen atoms in total. The lowest BCUT2D eigenvalue weighted by molar-refractivity contribution is 0.553. The summed E-state index contributed by atoms with van der Waals surface area (Å²) in [7, 11) is 0. The van der Waals surface area contributed by atoms with E-state index >= 15 is 0 Å². The Morgan fingerprint density at radius 3 is 2.67 bits per heavy atom. The van der Waals surface area contributed by atoms with Crippen molar-refractivity contribution in [3.8, 4) is 0 Å². The van der Waals surface area contributed by atoms with Gasteiger partial charge in [-0.15, -0.1) is 11.3 Å². The summed E-state index contributed by atoms with van der Waals surface area (Å²) in [5.41, 5.74) is 1.29. The van der Waals surface area contributed by atoms with Crippen LogP contribution in [-0.4, -0.2) is 24.6 Å². The van der Waals surface area contributed by atoms with Crippen molar-refractivity contribution in [3.05, 3.63) is 10.6 Å². The zero-order chi connectivity index (χ0) is 13.0. The van der Waals surface area contributed by atoms with E-state index in [0.717, 1.165) is 19.5 Å². The van der Waals surface area contributed by atoms with E-state index in [9.17, 15) is 0 Å². The Morgan fingerprint density at radius 2 is 2.06 bits per heavy atom. The highest BCUT2D eigenvalue weighted by Crippen LogP contribution is 2.29. The molecule has 0 saturated carbocycles. The number of nitrogens with zero attached hydrogens (tertiary/aromatic N) is 2. The molecule has 0 bridgehead atoms. The van der Waals surface area contributed by atoms with Gasteiger partial charge in [0.1, 0.15) is 0 Å². The summed E-state index contributed by atoms with van der Waals surface area (Å²) in [6.45, 7) is 11.1. The number of nitrogens with one attached hydrogen (secondary N) is 1. The van der Waals surface area contributed by atoms with E-state index in [-0.39, 0.29) is 0 Å². The average Bonchev–Trinajstić information content (AvgIpc) is 2.96. The van der Waals surface area contributed by atoms with Crippen LogP contribution in [0.15, 0.2) is 0 Å². The molecular formula is C14H25N3S. The van der Waals surface area contributed by atoms with Gasteiger partial charge in [-0.3, -0.25) is 0 Å². The second-order valence-electron chi connectivity index (χ2n) is 5.44. The zero-order valence-electron chi connectivity index (χ0n) is 11.8. The summed E-state index contributed by atoms with van der Waals surface area (Å²) in [5, 5.41) is 4.77. The summed E-state index contributed by atoms with van der Waals surface area (Å²) in [5.74, 6) is 0.709. The Labute approximate surface area is 115 Å². The third kappa shape index (κ3) is 3.45. The van der Waals surface area contributed by atoms with Gasteiger partial charge in [0.2, 0.25) is 0 Å². The minimum Gasteiger partial charge on any atom is -0.348 e. The molecule has 18 heavy (non-hydrogen) atoms. The van der Waals surface area contributed by atoms with E-state index in [2.05, 4.69) is 31.0 Å². The van der Waals surface area contributed by atoms with E-state index in [1.807, 2.05) is 11.3 Å². The fourth-order valence-electron chi connectivity index (χ4n) is 2.30. The molecule has 1 fully saturated rings. The van der Waals surface area contributed by atoms with Crippen LogP contribution in [0, 0.1) is 5.92 Å². The van der Waals surface area contributed by atoms with Crippen LogP contribution in [0.2, 0.25) is 0 Å². The van der Waals surface area contributed by atoms with Gasteiger partial charge in [0.05, 0.1) is 5.69 Å².